The Kier molecular flexibility index (Phi) is 6.01. The van der Waals surface area contributed by atoms with Crippen LogP contribution in [-0.4, -0.2) is 48.1 Å². The second-order valence-electron chi connectivity index (χ2n) is 2.67. The Balaban J connectivity index is 3.48. The van der Waals surface area contributed by atoms with E-state index in [9.17, 15) is 5.11 Å². The van der Waals surface area contributed by atoms with E-state index in [1.54, 1.807) is 19.0 Å². The number of rotatable bonds is 5. The smallest absolute Gasteiger partial charge is 0.109 e. The number of hydrogen-bond acceptors (Lipinski definition) is 4. The Morgan fingerprint density at radius 3 is 2.36 bits per heavy atom. The zero-order chi connectivity index (χ0) is 8.85. The third-order valence-electron chi connectivity index (χ3n) is 1.37. The quantitative estimate of drug-likeness (QED) is 0.440. The molecule has 5 heteroatoms. The molecule has 0 fully saturated rings. The molecule has 0 aliphatic rings. The molecule has 0 aliphatic heterocycles. The molecule has 0 amide bonds. The molecule has 0 aromatic rings. The van der Waals surface area contributed by atoms with Gasteiger partial charge in [-0.1, -0.05) is 0 Å². The summed E-state index contributed by atoms with van der Waals surface area (Å²) in [5.41, 5.74) is 0. The van der Waals surface area contributed by atoms with Crippen molar-refractivity contribution in [3.63, 3.8) is 0 Å². The highest BCUT2D eigenvalue weighted by Crippen LogP contribution is 2.02. The Morgan fingerprint density at radius 1 is 1.45 bits per heavy atom. The minimum atomic E-state index is -0.607. The Bertz CT molecular complexity index is 102. The monoisotopic (exact) mass is 181 g/mol. The Labute approximate surface area is 69.4 Å². The van der Waals surface area contributed by atoms with E-state index in [2.05, 4.69) is 14.0 Å². The number of aliphatic hydroxyl groups excluding tert-OH is 2. The second-order valence-corrected chi connectivity index (χ2v) is 3.00. The molecular weight excluding hydrogens is 165 g/mol. The van der Waals surface area contributed by atoms with Crippen LogP contribution in [0, 0.1) is 0 Å². The van der Waals surface area contributed by atoms with Crippen molar-refractivity contribution in [1.29, 1.82) is 0 Å². The topological polar surface area (TPSA) is 52.9 Å². The number of hydrogen-bond donors (Lipinski definition) is 2. The van der Waals surface area contributed by atoms with Crippen molar-refractivity contribution in [2.24, 2.45) is 0 Å². The summed E-state index contributed by atoms with van der Waals surface area (Å²) >= 11 is 0. The highest BCUT2D eigenvalue weighted by Gasteiger charge is 2.12. The highest BCUT2D eigenvalue weighted by atomic mass is 31.0. The lowest BCUT2D eigenvalue weighted by Crippen LogP contribution is -2.32. The van der Waals surface area contributed by atoms with Crippen LogP contribution in [-0.2, 0) is 4.52 Å². The van der Waals surface area contributed by atoms with Crippen LogP contribution in [0.25, 0.3) is 0 Å². The van der Waals surface area contributed by atoms with Gasteiger partial charge in [0, 0.05) is 15.9 Å². The molecule has 0 rings (SSSR count). The zero-order valence-corrected chi connectivity index (χ0v) is 8.05. The fourth-order valence-corrected chi connectivity index (χ4v) is 0.855. The van der Waals surface area contributed by atoms with E-state index in [0.29, 0.717) is 6.42 Å². The van der Waals surface area contributed by atoms with Crippen molar-refractivity contribution in [3.8, 4) is 0 Å². The van der Waals surface area contributed by atoms with Crippen LogP contribution >= 0.6 is 9.47 Å². The first kappa shape index (κ1) is 11.3. The highest BCUT2D eigenvalue weighted by molar-refractivity contribution is 7.09. The summed E-state index contributed by atoms with van der Waals surface area (Å²) in [6.45, 7) is 0.232. The maximum absolute atomic E-state index is 9.23. The van der Waals surface area contributed by atoms with Crippen molar-refractivity contribution >= 4 is 9.47 Å². The summed E-state index contributed by atoms with van der Waals surface area (Å²) in [5.74, 6) is 0. The molecular formula is C6H16NO3P. The third-order valence-corrected chi connectivity index (χ3v) is 1.56. The first-order chi connectivity index (χ1) is 5.07. The van der Waals surface area contributed by atoms with Crippen molar-refractivity contribution in [2.75, 3.05) is 20.7 Å². The van der Waals surface area contributed by atoms with E-state index in [1.165, 1.54) is 0 Å². The lowest BCUT2D eigenvalue weighted by molar-refractivity contribution is -0.0141. The van der Waals surface area contributed by atoms with Gasteiger partial charge < -0.3 is 14.7 Å². The third kappa shape index (κ3) is 5.53. The Morgan fingerprint density at radius 2 is 2.00 bits per heavy atom. The van der Waals surface area contributed by atoms with E-state index in [1.807, 2.05) is 0 Å². The van der Waals surface area contributed by atoms with Gasteiger partial charge in [0.1, 0.15) is 6.23 Å². The summed E-state index contributed by atoms with van der Waals surface area (Å²) < 4.78 is 4.62. The second kappa shape index (κ2) is 5.86. The van der Waals surface area contributed by atoms with Crippen molar-refractivity contribution in [3.05, 3.63) is 0 Å². The maximum atomic E-state index is 9.23. The van der Waals surface area contributed by atoms with Crippen molar-refractivity contribution in [2.45, 2.75) is 18.8 Å². The number of aliphatic hydroxyl groups is 2. The van der Waals surface area contributed by atoms with E-state index in [0.717, 1.165) is 0 Å². The lowest BCUT2D eigenvalue weighted by Gasteiger charge is -2.20. The van der Waals surface area contributed by atoms with Crippen LogP contribution in [0.15, 0.2) is 0 Å². The first-order valence-corrected chi connectivity index (χ1v) is 3.89. The van der Waals surface area contributed by atoms with Crippen LogP contribution < -0.4 is 0 Å². The van der Waals surface area contributed by atoms with E-state index < -0.39 is 12.3 Å². The van der Waals surface area contributed by atoms with Gasteiger partial charge in [-0.05, 0) is 14.1 Å². The van der Waals surface area contributed by atoms with Crippen molar-refractivity contribution < 1.29 is 14.7 Å². The summed E-state index contributed by atoms with van der Waals surface area (Å²) in [4.78, 5) is 1.63. The first-order valence-electron chi connectivity index (χ1n) is 3.42. The van der Waals surface area contributed by atoms with Gasteiger partial charge in [-0.2, -0.15) is 0 Å². The fourth-order valence-electron chi connectivity index (χ4n) is 0.633. The molecule has 0 saturated carbocycles. The van der Waals surface area contributed by atoms with Gasteiger partial charge in [-0.15, -0.1) is 0 Å². The predicted octanol–water partition coefficient (Wildman–Crippen LogP) is -0.576. The Hall–Kier alpha value is 0.270. The molecule has 0 aromatic carbocycles. The molecule has 0 radical (unpaired) electrons. The summed E-state index contributed by atoms with van der Waals surface area (Å²) in [6, 6.07) is 0. The van der Waals surface area contributed by atoms with Crippen LogP contribution in [0.4, 0.5) is 0 Å². The average Bonchev–Trinajstić information content (AvgIpc) is 1.87. The molecule has 0 aromatic heterocycles. The largest absolute Gasteiger partial charge is 0.391 e. The van der Waals surface area contributed by atoms with Crippen LogP contribution in [0.2, 0.25) is 0 Å². The molecule has 11 heavy (non-hydrogen) atoms. The standard InChI is InChI=1S/C6H16NO3P/c1-7(2)6(9)3-5(8)4-10-11/h5-6,8-9H,3-4,11H2,1-2H3/t5-,6?/m0/s1. The molecule has 0 spiro atoms. The van der Waals surface area contributed by atoms with Crippen LogP contribution in [0.1, 0.15) is 6.42 Å². The summed E-state index contributed by atoms with van der Waals surface area (Å²) in [7, 11) is 5.55. The van der Waals surface area contributed by atoms with E-state index >= 15 is 0 Å². The summed E-state index contributed by atoms with van der Waals surface area (Å²) in [5, 5.41) is 18.4. The van der Waals surface area contributed by atoms with Crippen LogP contribution in [0.3, 0.4) is 0 Å². The minimum absolute atomic E-state index is 0.232. The van der Waals surface area contributed by atoms with E-state index in [-0.39, 0.29) is 6.61 Å². The molecule has 4 nitrogen and oxygen atoms in total. The van der Waals surface area contributed by atoms with Gasteiger partial charge in [0.2, 0.25) is 0 Å². The molecule has 2 unspecified atom stereocenters. The fraction of sp³-hybridized carbons (Fsp3) is 1.00. The van der Waals surface area contributed by atoms with Gasteiger partial charge in [0.25, 0.3) is 0 Å². The molecule has 0 bridgehead atoms. The maximum Gasteiger partial charge on any atom is 0.109 e. The number of nitrogens with zero attached hydrogens (tertiary/aromatic N) is 1. The van der Waals surface area contributed by atoms with Gasteiger partial charge in [0.05, 0.1) is 12.7 Å². The van der Waals surface area contributed by atoms with Gasteiger partial charge >= 0.3 is 0 Å². The molecule has 0 aliphatic carbocycles. The minimum Gasteiger partial charge on any atom is -0.391 e. The molecule has 2 N–H and O–H groups in total. The molecule has 68 valence electrons. The van der Waals surface area contributed by atoms with Gasteiger partial charge in [0.15, 0.2) is 0 Å². The normalized spacial score (nSPS) is 16.9. The van der Waals surface area contributed by atoms with Crippen LogP contribution in [0.5, 0.6) is 0 Å². The molecule has 3 atom stereocenters. The SMILES string of the molecule is CN(C)C(O)C[C@H](O)COP. The lowest BCUT2D eigenvalue weighted by atomic mass is 10.2. The average molecular weight is 181 g/mol. The zero-order valence-electron chi connectivity index (χ0n) is 6.90. The summed E-state index contributed by atoms with van der Waals surface area (Å²) in [6.07, 6.45) is -0.906. The predicted molar refractivity (Wildman–Crippen MR) is 46.0 cm³/mol. The molecule has 0 heterocycles. The van der Waals surface area contributed by atoms with E-state index in [4.69, 9.17) is 5.11 Å². The van der Waals surface area contributed by atoms with Gasteiger partial charge in [-0.3, -0.25) is 4.90 Å². The molecule has 0 saturated heterocycles. The van der Waals surface area contributed by atoms with Gasteiger partial charge in [-0.25, -0.2) is 0 Å². The van der Waals surface area contributed by atoms with Crippen molar-refractivity contribution in [1.82, 2.24) is 4.90 Å².